The minimum absolute atomic E-state index is 0.211. The minimum atomic E-state index is -4.52. The average molecular weight is 299 g/mol. The predicted molar refractivity (Wildman–Crippen MR) is 72.7 cm³/mol. The fourth-order valence-corrected chi connectivity index (χ4v) is 2.50. The maximum absolute atomic E-state index is 14.5. The van der Waals surface area contributed by atoms with Gasteiger partial charge in [0.25, 0.3) is 0 Å². The topological polar surface area (TPSA) is 0 Å². The van der Waals surface area contributed by atoms with Crippen molar-refractivity contribution in [3.8, 4) is 0 Å². The molecule has 0 N–H and O–H groups in total. The molecule has 0 nitrogen and oxygen atoms in total. The number of alkyl halides is 4. The standard InChI is InChI=1S/C15H11F4S/c16-13(11-7-3-1-4-8-11)14(20-15(17,18)19)12-9-5-2-6-10-12/h1-10,13H. The molecule has 0 fully saturated rings. The number of hydrogen-bond donors (Lipinski definition) is 0. The molecule has 2 rings (SSSR count). The molecule has 0 aliphatic carbocycles. The van der Waals surface area contributed by atoms with Gasteiger partial charge in [0.05, 0.1) is 0 Å². The Labute approximate surface area is 118 Å². The van der Waals surface area contributed by atoms with E-state index < -0.39 is 23.4 Å². The average Bonchev–Trinajstić information content (AvgIpc) is 2.45. The first-order valence-electron chi connectivity index (χ1n) is 5.84. The second kappa shape index (κ2) is 6.31. The third kappa shape index (κ3) is 4.00. The molecule has 2 aromatic rings. The molecule has 5 heteroatoms. The van der Waals surface area contributed by atoms with Gasteiger partial charge in [0, 0.05) is 0 Å². The molecule has 0 saturated carbocycles. The Morgan fingerprint density at radius 1 is 0.850 bits per heavy atom. The fourth-order valence-electron chi connectivity index (χ4n) is 1.76. The van der Waals surface area contributed by atoms with Crippen LogP contribution < -0.4 is 0 Å². The van der Waals surface area contributed by atoms with E-state index >= 15 is 0 Å². The quantitative estimate of drug-likeness (QED) is 0.669. The number of thioether (sulfide) groups is 1. The monoisotopic (exact) mass is 299 g/mol. The highest BCUT2D eigenvalue weighted by molar-refractivity contribution is 8.03. The summed E-state index contributed by atoms with van der Waals surface area (Å²) in [5.74, 6) is 0. The van der Waals surface area contributed by atoms with Gasteiger partial charge in [-0.05, 0) is 22.9 Å². The third-order valence-corrected chi connectivity index (χ3v) is 3.50. The lowest BCUT2D eigenvalue weighted by molar-refractivity contribution is -0.0328. The van der Waals surface area contributed by atoms with Gasteiger partial charge in [-0.1, -0.05) is 60.7 Å². The number of halogens is 4. The Bertz CT molecular complexity index is 525. The van der Waals surface area contributed by atoms with Gasteiger partial charge in [0.1, 0.15) is 11.4 Å². The van der Waals surface area contributed by atoms with Crippen LogP contribution in [0.1, 0.15) is 17.3 Å². The Balaban J connectivity index is 2.32. The summed E-state index contributed by atoms with van der Waals surface area (Å²) in [4.78, 5) is 0. The summed E-state index contributed by atoms with van der Waals surface area (Å²) in [5, 5.41) is -0.343. The van der Waals surface area contributed by atoms with Crippen molar-refractivity contribution in [3.63, 3.8) is 0 Å². The molecule has 105 valence electrons. The van der Waals surface area contributed by atoms with E-state index in [0.717, 1.165) is 0 Å². The molecule has 1 unspecified atom stereocenters. The highest BCUT2D eigenvalue weighted by Gasteiger charge is 2.39. The van der Waals surface area contributed by atoms with Gasteiger partial charge in [-0.3, -0.25) is 0 Å². The van der Waals surface area contributed by atoms with Crippen LogP contribution in [0.4, 0.5) is 17.6 Å². The zero-order valence-electron chi connectivity index (χ0n) is 10.3. The molecule has 20 heavy (non-hydrogen) atoms. The zero-order valence-corrected chi connectivity index (χ0v) is 11.1. The van der Waals surface area contributed by atoms with Gasteiger partial charge in [-0.2, -0.15) is 13.2 Å². The van der Waals surface area contributed by atoms with E-state index in [1.54, 1.807) is 36.4 Å². The van der Waals surface area contributed by atoms with Gasteiger partial charge in [0.15, 0.2) is 0 Å². The van der Waals surface area contributed by atoms with E-state index in [1.807, 2.05) is 0 Å². The first kappa shape index (κ1) is 14.9. The van der Waals surface area contributed by atoms with E-state index in [1.165, 1.54) is 24.3 Å². The molecule has 0 saturated heterocycles. The van der Waals surface area contributed by atoms with Gasteiger partial charge in [-0.25, -0.2) is 4.39 Å². The van der Waals surface area contributed by atoms with Crippen molar-refractivity contribution in [1.29, 1.82) is 0 Å². The summed E-state index contributed by atoms with van der Waals surface area (Å²) >= 11 is -0.400. The second-order valence-electron chi connectivity index (χ2n) is 4.05. The van der Waals surface area contributed by atoms with E-state index in [0.29, 0.717) is 0 Å². The van der Waals surface area contributed by atoms with Crippen LogP contribution in [0, 0.1) is 5.25 Å². The summed E-state index contributed by atoms with van der Waals surface area (Å²) < 4.78 is 52.4. The smallest absolute Gasteiger partial charge is 0.240 e. The van der Waals surface area contributed by atoms with Crippen molar-refractivity contribution < 1.29 is 17.6 Å². The van der Waals surface area contributed by atoms with Gasteiger partial charge in [0.2, 0.25) is 0 Å². The van der Waals surface area contributed by atoms with Gasteiger partial charge >= 0.3 is 5.51 Å². The fraction of sp³-hybridized carbons (Fsp3) is 0.133. The number of rotatable bonds is 4. The van der Waals surface area contributed by atoms with Crippen LogP contribution in [0.5, 0.6) is 0 Å². The van der Waals surface area contributed by atoms with Crippen molar-refractivity contribution in [2.24, 2.45) is 0 Å². The normalized spacial score (nSPS) is 13.4. The highest BCUT2D eigenvalue weighted by atomic mass is 32.2. The van der Waals surface area contributed by atoms with Crippen LogP contribution in [-0.2, 0) is 0 Å². The molecule has 0 amide bonds. The third-order valence-electron chi connectivity index (χ3n) is 2.61. The summed E-state index contributed by atoms with van der Waals surface area (Å²) in [6.07, 6.45) is -1.80. The first-order chi connectivity index (χ1) is 9.47. The SMILES string of the molecule is FC([C](SC(F)(F)F)c1ccccc1)c1ccccc1. The van der Waals surface area contributed by atoms with Crippen LogP contribution in [-0.4, -0.2) is 5.51 Å². The van der Waals surface area contributed by atoms with E-state index in [4.69, 9.17) is 0 Å². The summed E-state index contributed by atoms with van der Waals surface area (Å²) in [7, 11) is 0. The van der Waals surface area contributed by atoms with Crippen LogP contribution in [0.3, 0.4) is 0 Å². The molecule has 0 bridgehead atoms. The largest absolute Gasteiger partial charge is 0.442 e. The Morgan fingerprint density at radius 2 is 1.35 bits per heavy atom. The maximum atomic E-state index is 14.5. The highest BCUT2D eigenvalue weighted by Crippen LogP contribution is 2.48. The van der Waals surface area contributed by atoms with E-state index in [-0.39, 0.29) is 16.4 Å². The van der Waals surface area contributed by atoms with Crippen LogP contribution in [0.2, 0.25) is 0 Å². The first-order valence-corrected chi connectivity index (χ1v) is 6.66. The lowest BCUT2D eigenvalue weighted by atomic mass is 10.0. The van der Waals surface area contributed by atoms with Gasteiger partial charge < -0.3 is 0 Å². The van der Waals surface area contributed by atoms with Crippen molar-refractivity contribution in [2.45, 2.75) is 11.7 Å². The molecule has 0 aliphatic heterocycles. The summed E-state index contributed by atoms with van der Waals surface area (Å²) in [5.41, 5.74) is -4.07. The summed E-state index contributed by atoms with van der Waals surface area (Å²) in [6, 6.07) is 15.6. The predicted octanol–water partition coefficient (Wildman–Crippen LogP) is 5.53. The molecular formula is C15H11F4S. The molecular weight excluding hydrogens is 288 g/mol. The molecule has 0 aliphatic rings. The Kier molecular flexibility index (Phi) is 4.70. The number of benzene rings is 2. The Hall–Kier alpha value is -1.49. The molecule has 0 aromatic heterocycles. The van der Waals surface area contributed by atoms with Crippen molar-refractivity contribution in [1.82, 2.24) is 0 Å². The lowest BCUT2D eigenvalue weighted by Crippen LogP contribution is -2.12. The molecule has 0 heterocycles. The Morgan fingerprint density at radius 3 is 1.85 bits per heavy atom. The van der Waals surface area contributed by atoms with E-state index in [9.17, 15) is 17.6 Å². The molecule has 1 radical (unpaired) electrons. The van der Waals surface area contributed by atoms with Crippen LogP contribution in [0.15, 0.2) is 60.7 Å². The molecule has 1 atom stereocenters. The lowest BCUT2D eigenvalue weighted by Gasteiger charge is -2.21. The van der Waals surface area contributed by atoms with Crippen LogP contribution in [0.25, 0.3) is 0 Å². The van der Waals surface area contributed by atoms with Crippen LogP contribution >= 0.6 is 11.8 Å². The maximum Gasteiger partial charge on any atom is 0.442 e. The zero-order chi connectivity index (χ0) is 14.6. The van der Waals surface area contributed by atoms with Crippen molar-refractivity contribution in [2.75, 3.05) is 0 Å². The van der Waals surface area contributed by atoms with Crippen molar-refractivity contribution >= 4 is 11.8 Å². The number of hydrogen-bond acceptors (Lipinski definition) is 1. The van der Waals surface area contributed by atoms with Crippen molar-refractivity contribution in [3.05, 3.63) is 77.0 Å². The molecule has 0 spiro atoms. The second-order valence-corrected chi connectivity index (χ2v) is 5.16. The minimum Gasteiger partial charge on any atom is -0.240 e. The van der Waals surface area contributed by atoms with E-state index in [2.05, 4.69) is 0 Å². The van der Waals surface area contributed by atoms with Gasteiger partial charge in [-0.15, -0.1) is 0 Å². The summed E-state index contributed by atoms with van der Waals surface area (Å²) in [6.45, 7) is 0. The molecule has 2 aromatic carbocycles.